The Morgan fingerprint density at radius 1 is 1.19 bits per heavy atom. The van der Waals surface area contributed by atoms with Crippen molar-refractivity contribution < 1.29 is 17.6 Å². The molecule has 4 nitrogen and oxygen atoms in total. The summed E-state index contributed by atoms with van der Waals surface area (Å²) in [7, 11) is -3.41. The van der Waals surface area contributed by atoms with Gasteiger partial charge in [0, 0.05) is 12.3 Å². The lowest BCUT2D eigenvalue weighted by Crippen LogP contribution is -2.46. The van der Waals surface area contributed by atoms with E-state index >= 15 is 0 Å². The molecule has 1 N–H and O–H groups in total. The molecule has 0 unspecified atom stereocenters. The van der Waals surface area contributed by atoms with Crippen LogP contribution in [-0.4, -0.2) is 31.9 Å². The van der Waals surface area contributed by atoms with E-state index in [-0.39, 0.29) is 17.8 Å². The van der Waals surface area contributed by atoms with Crippen LogP contribution in [-0.2, 0) is 21.1 Å². The predicted molar refractivity (Wildman–Crippen MR) is 81.2 cm³/mol. The third-order valence-electron chi connectivity index (χ3n) is 3.51. The molecule has 0 heterocycles. The van der Waals surface area contributed by atoms with E-state index in [9.17, 15) is 17.6 Å². The summed E-state index contributed by atoms with van der Waals surface area (Å²) in [6, 6.07) is 5.86. The highest BCUT2D eigenvalue weighted by Crippen LogP contribution is 2.12. The minimum atomic E-state index is -3.41. The monoisotopic (exact) mass is 315 g/mol. The standard InChI is InChI=1S/C15H22FNO3S/c1-10(2)14(9-12-5-7-13(16)8-6-12)17-15(18)11(3)21(4,19)20/h5-8,10-11,14H,9H2,1-4H3,(H,17,18)/t11-,14+/m0/s1. The summed E-state index contributed by atoms with van der Waals surface area (Å²) < 4.78 is 35.7. The van der Waals surface area contributed by atoms with Crippen LogP contribution in [0.25, 0.3) is 0 Å². The fourth-order valence-electron chi connectivity index (χ4n) is 1.82. The van der Waals surface area contributed by atoms with Gasteiger partial charge in [0.05, 0.1) is 0 Å². The van der Waals surface area contributed by atoms with Gasteiger partial charge in [0.15, 0.2) is 9.84 Å². The molecule has 6 heteroatoms. The van der Waals surface area contributed by atoms with Crippen molar-refractivity contribution in [2.75, 3.05) is 6.26 Å². The van der Waals surface area contributed by atoms with Crippen molar-refractivity contribution in [3.05, 3.63) is 35.6 Å². The van der Waals surface area contributed by atoms with E-state index in [0.29, 0.717) is 6.42 Å². The van der Waals surface area contributed by atoms with Crippen molar-refractivity contribution in [2.24, 2.45) is 5.92 Å². The molecule has 118 valence electrons. The van der Waals surface area contributed by atoms with Gasteiger partial charge in [-0.2, -0.15) is 0 Å². The number of sulfone groups is 1. The van der Waals surface area contributed by atoms with Crippen molar-refractivity contribution >= 4 is 15.7 Å². The van der Waals surface area contributed by atoms with Crippen molar-refractivity contribution in [3.63, 3.8) is 0 Å². The van der Waals surface area contributed by atoms with Crippen molar-refractivity contribution in [1.29, 1.82) is 0 Å². The molecule has 0 aromatic heterocycles. The van der Waals surface area contributed by atoms with Gasteiger partial charge in [-0.3, -0.25) is 4.79 Å². The molecule has 21 heavy (non-hydrogen) atoms. The van der Waals surface area contributed by atoms with E-state index in [2.05, 4.69) is 5.32 Å². The molecule has 0 fully saturated rings. The van der Waals surface area contributed by atoms with E-state index in [1.165, 1.54) is 19.1 Å². The lowest BCUT2D eigenvalue weighted by molar-refractivity contribution is -0.121. The van der Waals surface area contributed by atoms with E-state index in [1.807, 2.05) is 13.8 Å². The van der Waals surface area contributed by atoms with Gasteiger partial charge >= 0.3 is 0 Å². The zero-order valence-electron chi connectivity index (χ0n) is 12.8. The molecular formula is C15H22FNO3S. The fourth-order valence-corrected chi connectivity index (χ4v) is 2.28. The second-order valence-corrected chi connectivity index (χ2v) is 8.03. The quantitative estimate of drug-likeness (QED) is 0.872. The molecule has 0 aliphatic rings. The number of benzene rings is 1. The third-order valence-corrected chi connectivity index (χ3v) is 5.01. The van der Waals surface area contributed by atoms with Gasteiger partial charge in [-0.1, -0.05) is 26.0 Å². The molecule has 1 aromatic rings. The molecule has 1 aromatic carbocycles. The normalized spacial score (nSPS) is 14.8. The average Bonchev–Trinajstić information content (AvgIpc) is 2.38. The van der Waals surface area contributed by atoms with Gasteiger partial charge in [-0.15, -0.1) is 0 Å². The van der Waals surface area contributed by atoms with E-state index < -0.39 is 21.0 Å². The number of nitrogens with one attached hydrogen (secondary N) is 1. The van der Waals surface area contributed by atoms with Crippen molar-refractivity contribution in [2.45, 2.75) is 38.5 Å². The van der Waals surface area contributed by atoms with E-state index in [1.54, 1.807) is 12.1 Å². The van der Waals surface area contributed by atoms with Crippen molar-refractivity contribution in [1.82, 2.24) is 5.32 Å². The summed E-state index contributed by atoms with van der Waals surface area (Å²) in [6.07, 6.45) is 1.57. The van der Waals surface area contributed by atoms with Crippen molar-refractivity contribution in [3.8, 4) is 0 Å². The van der Waals surface area contributed by atoms with Crippen LogP contribution in [0.1, 0.15) is 26.3 Å². The van der Waals surface area contributed by atoms with Crippen LogP contribution in [0.2, 0.25) is 0 Å². The second-order valence-electron chi connectivity index (χ2n) is 5.66. The van der Waals surface area contributed by atoms with Gasteiger partial charge < -0.3 is 5.32 Å². The Hall–Kier alpha value is -1.43. The number of carbonyl (C=O) groups excluding carboxylic acids is 1. The van der Waals surface area contributed by atoms with Crippen LogP contribution in [0.4, 0.5) is 4.39 Å². The maximum absolute atomic E-state index is 12.9. The summed E-state index contributed by atoms with van der Waals surface area (Å²) in [6.45, 7) is 5.26. The van der Waals surface area contributed by atoms with Crippen LogP contribution >= 0.6 is 0 Å². The highest BCUT2D eigenvalue weighted by molar-refractivity contribution is 7.92. The maximum atomic E-state index is 12.9. The molecule has 1 rings (SSSR count). The summed E-state index contributed by atoms with van der Waals surface area (Å²) in [5.74, 6) is -0.682. The fraction of sp³-hybridized carbons (Fsp3) is 0.533. The Labute approximate surface area is 125 Å². The predicted octanol–water partition coefficient (Wildman–Crippen LogP) is 1.94. The van der Waals surface area contributed by atoms with Gasteiger partial charge in [-0.25, -0.2) is 12.8 Å². The summed E-state index contributed by atoms with van der Waals surface area (Å²) >= 11 is 0. The first kappa shape index (κ1) is 17.6. The zero-order chi connectivity index (χ0) is 16.2. The minimum Gasteiger partial charge on any atom is -0.352 e. The number of hydrogen-bond donors (Lipinski definition) is 1. The number of halogens is 1. The van der Waals surface area contributed by atoms with Gasteiger partial charge in [0.25, 0.3) is 0 Å². The molecule has 0 saturated heterocycles. The second kappa shape index (κ2) is 7.02. The topological polar surface area (TPSA) is 63.2 Å². The number of hydrogen-bond acceptors (Lipinski definition) is 3. The molecule has 0 bridgehead atoms. The number of carbonyl (C=O) groups is 1. The Morgan fingerprint density at radius 2 is 1.71 bits per heavy atom. The maximum Gasteiger partial charge on any atom is 0.238 e. The summed E-state index contributed by atoms with van der Waals surface area (Å²) in [5, 5.41) is 1.70. The molecule has 0 aliphatic carbocycles. The largest absolute Gasteiger partial charge is 0.352 e. The first-order valence-corrected chi connectivity index (χ1v) is 8.80. The molecule has 0 aliphatic heterocycles. The van der Waals surface area contributed by atoms with E-state index in [4.69, 9.17) is 0 Å². The lowest BCUT2D eigenvalue weighted by atomic mass is 9.96. The van der Waals surface area contributed by atoms with Crippen LogP contribution in [0.15, 0.2) is 24.3 Å². The Kier molecular flexibility index (Phi) is 5.89. The van der Waals surface area contributed by atoms with E-state index in [0.717, 1.165) is 11.8 Å². The van der Waals surface area contributed by atoms with Crippen LogP contribution in [0.5, 0.6) is 0 Å². The molecular weight excluding hydrogens is 293 g/mol. The van der Waals surface area contributed by atoms with Gasteiger partial charge in [0.1, 0.15) is 11.1 Å². The summed E-state index contributed by atoms with van der Waals surface area (Å²) in [4.78, 5) is 12.0. The molecule has 0 spiro atoms. The number of amides is 1. The SMILES string of the molecule is CC(C)[C@@H](Cc1ccc(F)cc1)NC(=O)[C@H](C)S(C)(=O)=O. The van der Waals surface area contributed by atoms with Crippen LogP contribution in [0.3, 0.4) is 0 Å². The molecule has 2 atom stereocenters. The Morgan fingerprint density at radius 3 is 2.14 bits per heavy atom. The lowest BCUT2D eigenvalue weighted by Gasteiger charge is -2.24. The average molecular weight is 315 g/mol. The smallest absolute Gasteiger partial charge is 0.238 e. The minimum absolute atomic E-state index is 0.130. The highest BCUT2D eigenvalue weighted by atomic mass is 32.2. The summed E-state index contributed by atoms with van der Waals surface area (Å²) in [5.41, 5.74) is 0.891. The molecule has 1 amide bonds. The number of rotatable bonds is 6. The third kappa shape index (κ3) is 5.46. The van der Waals surface area contributed by atoms with Crippen LogP contribution < -0.4 is 5.32 Å². The Balaban J connectivity index is 2.79. The highest BCUT2D eigenvalue weighted by Gasteiger charge is 2.26. The first-order chi connectivity index (χ1) is 9.61. The van der Waals surface area contributed by atoms with Gasteiger partial charge in [0.2, 0.25) is 5.91 Å². The first-order valence-electron chi connectivity index (χ1n) is 6.85. The molecule has 0 radical (unpaired) electrons. The zero-order valence-corrected chi connectivity index (χ0v) is 13.6. The molecule has 0 saturated carbocycles. The Bertz CT molecular complexity index is 581. The van der Waals surface area contributed by atoms with Gasteiger partial charge in [-0.05, 0) is 37.0 Å². The van der Waals surface area contributed by atoms with Crippen LogP contribution in [0, 0.1) is 11.7 Å².